The topological polar surface area (TPSA) is 48.9 Å². The number of hydrogen-bond donors (Lipinski definition) is 2. The van der Waals surface area contributed by atoms with Gasteiger partial charge in [-0.1, -0.05) is 0 Å². The molecule has 128 valence electrons. The van der Waals surface area contributed by atoms with Crippen LogP contribution in [0.2, 0.25) is 0 Å². The summed E-state index contributed by atoms with van der Waals surface area (Å²) in [6.07, 6.45) is 0.0866. The number of benzene rings is 1. The van der Waals surface area contributed by atoms with Crippen LogP contribution in [-0.2, 0) is 11.3 Å². The first kappa shape index (κ1) is 17.6. The monoisotopic (exact) mass is 326 g/mol. The Morgan fingerprint density at radius 1 is 1.39 bits per heavy atom. The van der Waals surface area contributed by atoms with E-state index in [4.69, 9.17) is 4.74 Å². The SMILES string of the molecule is CCNC(=NCc1cc(F)ccc1F)NCC1CN(C)CCO1. The van der Waals surface area contributed by atoms with Gasteiger partial charge in [0.15, 0.2) is 5.96 Å². The summed E-state index contributed by atoms with van der Waals surface area (Å²) in [5.41, 5.74) is 0.232. The third kappa shape index (κ3) is 5.76. The van der Waals surface area contributed by atoms with Crippen LogP contribution < -0.4 is 10.6 Å². The molecule has 1 heterocycles. The van der Waals surface area contributed by atoms with Crippen molar-refractivity contribution < 1.29 is 13.5 Å². The zero-order chi connectivity index (χ0) is 16.7. The molecule has 1 atom stereocenters. The number of hydrogen-bond acceptors (Lipinski definition) is 3. The molecule has 1 unspecified atom stereocenters. The Bertz CT molecular complexity index is 539. The van der Waals surface area contributed by atoms with E-state index in [0.29, 0.717) is 25.7 Å². The standard InChI is InChI=1S/C16H24F2N4O/c1-3-19-16(21-10-14-11-22(2)6-7-23-14)20-9-12-8-13(17)4-5-15(12)18/h4-5,8,14H,3,6-7,9-11H2,1-2H3,(H2,19,20,21). The summed E-state index contributed by atoms with van der Waals surface area (Å²) in [4.78, 5) is 6.52. The molecule has 1 aromatic carbocycles. The van der Waals surface area contributed by atoms with Crippen molar-refractivity contribution in [2.24, 2.45) is 4.99 Å². The van der Waals surface area contributed by atoms with Gasteiger partial charge in [0.1, 0.15) is 11.6 Å². The van der Waals surface area contributed by atoms with Crippen LogP contribution >= 0.6 is 0 Å². The molecule has 1 saturated heterocycles. The maximum absolute atomic E-state index is 13.6. The Hall–Kier alpha value is -1.73. The number of morpholine rings is 1. The number of guanidine groups is 1. The lowest BCUT2D eigenvalue weighted by Crippen LogP contribution is -2.48. The van der Waals surface area contributed by atoms with Crippen LogP contribution in [0.5, 0.6) is 0 Å². The number of nitrogens with zero attached hydrogens (tertiary/aromatic N) is 2. The highest BCUT2D eigenvalue weighted by atomic mass is 19.1. The van der Waals surface area contributed by atoms with Crippen molar-refractivity contribution in [2.45, 2.75) is 19.6 Å². The molecule has 0 bridgehead atoms. The molecule has 0 saturated carbocycles. The molecule has 23 heavy (non-hydrogen) atoms. The smallest absolute Gasteiger partial charge is 0.191 e. The van der Waals surface area contributed by atoms with Gasteiger partial charge in [0, 0.05) is 31.7 Å². The molecule has 1 aliphatic rings. The first-order valence-corrected chi connectivity index (χ1v) is 7.84. The third-order valence-corrected chi connectivity index (χ3v) is 3.60. The maximum Gasteiger partial charge on any atom is 0.191 e. The molecule has 1 aliphatic heterocycles. The van der Waals surface area contributed by atoms with Gasteiger partial charge in [0.05, 0.1) is 19.3 Å². The van der Waals surface area contributed by atoms with Crippen molar-refractivity contribution in [1.82, 2.24) is 15.5 Å². The average Bonchev–Trinajstić information content (AvgIpc) is 2.53. The van der Waals surface area contributed by atoms with Crippen LogP contribution in [0.25, 0.3) is 0 Å². The molecule has 2 rings (SSSR count). The Kier molecular flexibility index (Phi) is 6.73. The van der Waals surface area contributed by atoms with E-state index in [9.17, 15) is 8.78 Å². The Morgan fingerprint density at radius 3 is 2.96 bits per heavy atom. The van der Waals surface area contributed by atoms with Gasteiger partial charge < -0.3 is 20.3 Å². The summed E-state index contributed by atoms with van der Waals surface area (Å²) >= 11 is 0. The predicted molar refractivity (Wildman–Crippen MR) is 86.4 cm³/mol. The van der Waals surface area contributed by atoms with Gasteiger partial charge in [-0.15, -0.1) is 0 Å². The van der Waals surface area contributed by atoms with Gasteiger partial charge in [-0.05, 0) is 32.2 Å². The Balaban J connectivity index is 1.92. The van der Waals surface area contributed by atoms with Gasteiger partial charge in [0.2, 0.25) is 0 Å². The van der Waals surface area contributed by atoms with Crippen molar-refractivity contribution in [3.05, 3.63) is 35.4 Å². The second-order valence-corrected chi connectivity index (χ2v) is 5.57. The highest BCUT2D eigenvalue weighted by Crippen LogP contribution is 2.10. The lowest BCUT2D eigenvalue weighted by molar-refractivity contribution is -0.0161. The van der Waals surface area contributed by atoms with E-state index in [0.717, 1.165) is 25.2 Å². The van der Waals surface area contributed by atoms with E-state index >= 15 is 0 Å². The molecular formula is C16H24F2N4O. The lowest BCUT2D eigenvalue weighted by Gasteiger charge is -2.30. The zero-order valence-corrected chi connectivity index (χ0v) is 13.6. The van der Waals surface area contributed by atoms with E-state index in [1.54, 1.807) is 0 Å². The Morgan fingerprint density at radius 2 is 2.22 bits per heavy atom. The largest absolute Gasteiger partial charge is 0.374 e. The van der Waals surface area contributed by atoms with Crippen LogP contribution in [0.15, 0.2) is 23.2 Å². The number of halogens is 2. The summed E-state index contributed by atoms with van der Waals surface area (Å²) < 4.78 is 32.5. The fourth-order valence-corrected chi connectivity index (χ4v) is 2.37. The van der Waals surface area contributed by atoms with Gasteiger partial charge in [-0.25, -0.2) is 13.8 Å². The fourth-order valence-electron chi connectivity index (χ4n) is 2.37. The number of aliphatic imine (C=N–C) groups is 1. The minimum atomic E-state index is -0.465. The summed E-state index contributed by atoms with van der Waals surface area (Å²) in [5, 5.41) is 6.28. The third-order valence-electron chi connectivity index (χ3n) is 3.60. The van der Waals surface area contributed by atoms with Crippen LogP contribution in [-0.4, -0.2) is 56.8 Å². The van der Waals surface area contributed by atoms with Crippen LogP contribution in [0.4, 0.5) is 8.78 Å². The van der Waals surface area contributed by atoms with Crippen LogP contribution in [0, 0.1) is 11.6 Å². The normalized spacial score (nSPS) is 19.7. The molecule has 0 aromatic heterocycles. The van der Waals surface area contributed by atoms with Crippen molar-refractivity contribution in [3.63, 3.8) is 0 Å². The molecule has 0 spiro atoms. The lowest BCUT2D eigenvalue weighted by atomic mass is 10.2. The molecule has 1 aromatic rings. The highest BCUT2D eigenvalue weighted by Gasteiger charge is 2.17. The van der Waals surface area contributed by atoms with Gasteiger partial charge in [0.25, 0.3) is 0 Å². The summed E-state index contributed by atoms with van der Waals surface area (Å²) in [5.74, 6) is -0.357. The van der Waals surface area contributed by atoms with Crippen molar-refractivity contribution in [2.75, 3.05) is 39.8 Å². The number of likely N-dealkylation sites (N-methyl/N-ethyl adjacent to an activating group) is 1. The molecule has 0 radical (unpaired) electrons. The molecular weight excluding hydrogens is 302 g/mol. The van der Waals surface area contributed by atoms with Crippen molar-refractivity contribution in [3.8, 4) is 0 Å². The van der Waals surface area contributed by atoms with Gasteiger partial charge in [-0.3, -0.25) is 0 Å². The van der Waals surface area contributed by atoms with Crippen molar-refractivity contribution in [1.29, 1.82) is 0 Å². The summed E-state index contributed by atoms with van der Waals surface area (Å²) in [7, 11) is 2.06. The Labute approximate surface area is 135 Å². The highest BCUT2D eigenvalue weighted by molar-refractivity contribution is 5.79. The first-order chi connectivity index (χ1) is 11.1. The summed E-state index contributed by atoms with van der Waals surface area (Å²) in [6.45, 7) is 5.82. The molecule has 1 fully saturated rings. The molecule has 2 N–H and O–H groups in total. The second kappa shape index (κ2) is 8.79. The summed E-state index contributed by atoms with van der Waals surface area (Å²) in [6, 6.07) is 3.39. The number of rotatable bonds is 5. The van der Waals surface area contributed by atoms with Crippen molar-refractivity contribution >= 4 is 5.96 Å². The minimum Gasteiger partial charge on any atom is -0.374 e. The zero-order valence-electron chi connectivity index (χ0n) is 13.6. The van der Waals surface area contributed by atoms with E-state index in [1.807, 2.05) is 6.92 Å². The van der Waals surface area contributed by atoms with Gasteiger partial charge in [-0.2, -0.15) is 0 Å². The number of ether oxygens (including phenoxy) is 1. The molecule has 0 aliphatic carbocycles. The van der Waals surface area contributed by atoms with Gasteiger partial charge >= 0.3 is 0 Å². The molecule has 5 nitrogen and oxygen atoms in total. The second-order valence-electron chi connectivity index (χ2n) is 5.57. The van der Waals surface area contributed by atoms with E-state index < -0.39 is 11.6 Å². The van der Waals surface area contributed by atoms with E-state index in [1.165, 1.54) is 6.07 Å². The average molecular weight is 326 g/mol. The van der Waals surface area contributed by atoms with Crippen LogP contribution in [0.3, 0.4) is 0 Å². The first-order valence-electron chi connectivity index (χ1n) is 7.84. The van der Waals surface area contributed by atoms with E-state index in [2.05, 4.69) is 27.6 Å². The van der Waals surface area contributed by atoms with Crippen LogP contribution in [0.1, 0.15) is 12.5 Å². The molecule has 7 heteroatoms. The fraction of sp³-hybridized carbons (Fsp3) is 0.562. The van der Waals surface area contributed by atoms with E-state index in [-0.39, 0.29) is 18.2 Å². The number of nitrogens with one attached hydrogen (secondary N) is 2. The predicted octanol–water partition coefficient (Wildman–Crippen LogP) is 1.35. The maximum atomic E-state index is 13.6. The molecule has 0 amide bonds. The quantitative estimate of drug-likeness (QED) is 0.633. The minimum absolute atomic E-state index is 0.0738.